The van der Waals surface area contributed by atoms with E-state index >= 15 is 0 Å². The number of rotatable bonds is 7. The Balaban J connectivity index is 0.00000480. The molecular weight excluding hydrogens is 1080 g/mol. The molecule has 0 saturated carbocycles. The van der Waals surface area contributed by atoms with Crippen molar-refractivity contribution in [3.63, 3.8) is 0 Å². The number of thiophene rings is 1. The SMILES string of the molecule is [Pt+2].[c-]1c([Si](c2[c-]c3c(cc2)c2ccccc2n2ccnc32)(c2ccccc2)c2ccccc2)ccc2c1N(c1ccccn1)c1cc3c(cc1[Si]2(c1ccccc1)c1ccccc1)sc1ccccc13. The van der Waals surface area contributed by atoms with E-state index in [4.69, 9.17) is 9.97 Å². The molecule has 0 atom stereocenters. The van der Waals surface area contributed by atoms with Gasteiger partial charge in [0.05, 0.1) is 5.65 Å². The standard InChI is InChI=1S/C62H40N4SSi2.Pt/c1-5-19-43(20-6-1)68(44-21-7-2-8-22-44,47-32-34-49-50-27-13-15-29-54(50)65-38-37-64-62(65)53(49)39-47)48-33-35-59-55(40-48)66(61-31-17-18-36-63-61)56-41-52-51-28-14-16-30-57(51)67-58(52)42-60(56)69(59,45-23-9-3-10-24-45)46-25-11-4-12-26-46;/h1-38,41-42H;/q-2;+2. The fourth-order valence-corrected chi connectivity index (χ4v) is 22.4. The Morgan fingerprint density at radius 3 is 1.79 bits per heavy atom. The van der Waals surface area contributed by atoms with Crippen LogP contribution in [0.4, 0.5) is 17.2 Å². The van der Waals surface area contributed by atoms with Gasteiger partial charge in [-0.2, -0.15) is 23.4 Å². The van der Waals surface area contributed by atoms with Crippen LogP contribution in [0.25, 0.3) is 47.5 Å². The van der Waals surface area contributed by atoms with Crippen LogP contribution in [0.1, 0.15) is 0 Å². The van der Waals surface area contributed by atoms with E-state index in [-0.39, 0.29) is 21.1 Å². The van der Waals surface area contributed by atoms with Gasteiger partial charge in [0.2, 0.25) is 0 Å². The third-order valence-corrected chi connectivity index (χ3v) is 25.0. The third-order valence-electron chi connectivity index (χ3n) is 14.5. The number of pyridine rings is 2. The van der Waals surface area contributed by atoms with Gasteiger partial charge in [0.25, 0.3) is 0 Å². The number of hydrogen-bond donors (Lipinski definition) is 0. The van der Waals surface area contributed by atoms with E-state index < -0.39 is 16.1 Å². The molecule has 14 rings (SSSR count). The maximum absolute atomic E-state index is 5.19. The van der Waals surface area contributed by atoms with E-state index in [1.165, 1.54) is 56.7 Å². The Morgan fingerprint density at radius 1 is 0.471 bits per heavy atom. The number of fused-ring (bicyclic) bond motifs is 11. The summed E-state index contributed by atoms with van der Waals surface area (Å²) in [5, 5.41) is 15.9. The summed E-state index contributed by atoms with van der Waals surface area (Å²) in [6, 6.07) is 91.8. The van der Waals surface area contributed by atoms with Gasteiger partial charge in [-0.25, -0.2) is 4.98 Å². The van der Waals surface area contributed by atoms with Crippen molar-refractivity contribution >= 4 is 134 Å². The van der Waals surface area contributed by atoms with Gasteiger partial charge in [-0.1, -0.05) is 185 Å². The summed E-state index contributed by atoms with van der Waals surface area (Å²) in [7, 11) is -6.40. The predicted octanol–water partition coefficient (Wildman–Crippen LogP) is 9.54. The molecule has 1 aliphatic heterocycles. The van der Waals surface area contributed by atoms with Crippen molar-refractivity contribution in [1.29, 1.82) is 0 Å². The molecule has 0 N–H and O–H groups in total. The molecule has 9 aromatic carbocycles. The summed E-state index contributed by atoms with van der Waals surface area (Å²) in [6.07, 6.45) is 5.90. The summed E-state index contributed by atoms with van der Waals surface area (Å²) in [5.41, 5.74) is 4.20. The zero-order valence-corrected chi connectivity index (χ0v) is 42.7. The second-order valence-electron chi connectivity index (χ2n) is 17.9. The molecule has 13 aromatic rings. The second-order valence-corrected chi connectivity index (χ2v) is 26.4. The van der Waals surface area contributed by atoms with Crippen molar-refractivity contribution in [2.75, 3.05) is 4.90 Å². The number of para-hydroxylation sites is 1. The summed E-state index contributed by atoms with van der Waals surface area (Å²) < 4.78 is 4.78. The summed E-state index contributed by atoms with van der Waals surface area (Å²) in [5.74, 6) is 0.855. The molecule has 0 radical (unpaired) electrons. The number of imidazole rings is 1. The van der Waals surface area contributed by atoms with E-state index in [1.807, 2.05) is 29.8 Å². The predicted molar refractivity (Wildman–Crippen MR) is 294 cm³/mol. The Morgan fingerprint density at radius 2 is 1.09 bits per heavy atom. The molecule has 5 heterocycles. The quantitative estimate of drug-likeness (QED) is 0.0691. The van der Waals surface area contributed by atoms with Crippen LogP contribution < -0.4 is 46.4 Å². The van der Waals surface area contributed by atoms with Gasteiger partial charge in [-0.3, -0.25) is 4.98 Å². The normalized spacial score (nSPS) is 13.1. The molecule has 0 aliphatic carbocycles. The van der Waals surface area contributed by atoms with Crippen LogP contribution in [0.3, 0.4) is 0 Å². The third kappa shape index (κ3) is 6.15. The number of benzene rings is 9. The van der Waals surface area contributed by atoms with Crippen molar-refractivity contribution in [2.24, 2.45) is 0 Å². The van der Waals surface area contributed by atoms with Gasteiger partial charge in [-0.15, -0.1) is 45.3 Å². The first-order chi connectivity index (χ1) is 34.2. The number of anilines is 3. The fraction of sp³-hybridized carbons (Fsp3) is 0. The van der Waals surface area contributed by atoms with Crippen molar-refractivity contribution in [2.45, 2.75) is 0 Å². The first-order valence-corrected chi connectivity index (χ1v) is 28.2. The first kappa shape index (κ1) is 42.6. The van der Waals surface area contributed by atoms with E-state index in [0.717, 1.165) is 49.5 Å². The van der Waals surface area contributed by atoms with Crippen molar-refractivity contribution in [3.05, 3.63) is 255 Å². The van der Waals surface area contributed by atoms with Crippen LogP contribution in [0.2, 0.25) is 0 Å². The maximum atomic E-state index is 5.19. The molecule has 70 heavy (non-hydrogen) atoms. The first-order valence-electron chi connectivity index (χ1n) is 23.4. The molecule has 4 nitrogen and oxygen atoms in total. The number of aromatic nitrogens is 3. The van der Waals surface area contributed by atoms with E-state index in [0.29, 0.717) is 0 Å². The summed E-state index contributed by atoms with van der Waals surface area (Å²) >= 11 is 1.88. The van der Waals surface area contributed by atoms with Crippen LogP contribution >= 0.6 is 11.3 Å². The minimum atomic E-state index is -3.29. The van der Waals surface area contributed by atoms with E-state index in [2.05, 4.69) is 246 Å². The Hall–Kier alpha value is -7.52. The molecule has 0 amide bonds. The largest absolute Gasteiger partial charge is 2.00 e. The summed E-state index contributed by atoms with van der Waals surface area (Å²) in [4.78, 5) is 12.6. The van der Waals surface area contributed by atoms with Crippen molar-refractivity contribution in [1.82, 2.24) is 14.4 Å². The molecule has 4 aromatic heterocycles. The minimum Gasteiger partial charge on any atom is -0.340 e. The van der Waals surface area contributed by atoms with Gasteiger partial charge >= 0.3 is 21.1 Å². The van der Waals surface area contributed by atoms with E-state index in [1.54, 1.807) is 0 Å². The topological polar surface area (TPSA) is 33.4 Å². The summed E-state index contributed by atoms with van der Waals surface area (Å²) in [6.45, 7) is 0. The zero-order chi connectivity index (χ0) is 45.5. The van der Waals surface area contributed by atoms with Crippen molar-refractivity contribution in [3.8, 4) is 0 Å². The maximum Gasteiger partial charge on any atom is 2.00 e. The van der Waals surface area contributed by atoms with Gasteiger partial charge in [-0.05, 0) is 57.3 Å². The second kappa shape index (κ2) is 16.9. The average molecular weight is 1120 g/mol. The Bertz CT molecular complexity index is 4010. The molecule has 0 fully saturated rings. The number of hydrogen-bond acceptors (Lipinski definition) is 4. The van der Waals surface area contributed by atoms with Gasteiger partial charge in [0.15, 0.2) is 0 Å². The molecule has 8 heteroatoms. The smallest absolute Gasteiger partial charge is 0.340 e. The van der Waals surface area contributed by atoms with Crippen LogP contribution in [-0.2, 0) is 21.1 Å². The number of nitrogens with zero attached hydrogens (tertiary/aromatic N) is 4. The van der Waals surface area contributed by atoms with Gasteiger partial charge < -0.3 is 9.30 Å². The van der Waals surface area contributed by atoms with Gasteiger partial charge in [0.1, 0.15) is 22.0 Å². The fourth-order valence-electron chi connectivity index (χ4n) is 11.6. The molecule has 0 unspecified atom stereocenters. The monoisotopic (exact) mass is 1120 g/mol. The molecule has 332 valence electrons. The molecule has 0 bridgehead atoms. The van der Waals surface area contributed by atoms with Crippen LogP contribution in [0.5, 0.6) is 0 Å². The molecule has 0 spiro atoms. The van der Waals surface area contributed by atoms with Gasteiger partial charge in [0, 0.05) is 50.0 Å². The van der Waals surface area contributed by atoms with Crippen LogP contribution in [0, 0.1) is 12.1 Å². The average Bonchev–Trinajstić information content (AvgIpc) is 4.08. The van der Waals surface area contributed by atoms with Crippen LogP contribution in [0.15, 0.2) is 243 Å². The molecular formula is C62H40N4PtSSi2. The Labute approximate surface area is 426 Å². The van der Waals surface area contributed by atoms with E-state index in [9.17, 15) is 0 Å². The molecule has 1 aliphatic rings. The Kier molecular flexibility index (Phi) is 10.3. The molecule has 0 saturated heterocycles. The minimum absolute atomic E-state index is 0. The van der Waals surface area contributed by atoms with Crippen molar-refractivity contribution < 1.29 is 21.1 Å². The zero-order valence-electron chi connectivity index (χ0n) is 37.6. The van der Waals surface area contributed by atoms with Crippen LogP contribution in [-0.4, -0.2) is 30.5 Å².